The van der Waals surface area contributed by atoms with Gasteiger partial charge in [0.25, 0.3) is 11.8 Å². The summed E-state index contributed by atoms with van der Waals surface area (Å²) >= 11 is 12.7. The normalized spacial score (nSPS) is 14.1. The Morgan fingerprint density at radius 3 is 1.84 bits per heavy atom. The second-order valence-electron chi connectivity index (χ2n) is 21.9. The highest BCUT2D eigenvalue weighted by atomic mass is 35.5. The predicted octanol–water partition coefficient (Wildman–Crippen LogP) is 9.77. The maximum absolute atomic E-state index is 13.2. The summed E-state index contributed by atoms with van der Waals surface area (Å²) in [5.74, 6) is 1.94. The Balaban J connectivity index is 0.000000236. The number of amides is 4. The average Bonchev–Trinajstić information content (AvgIpc) is 4.09. The molecule has 0 saturated heterocycles. The molecule has 436 valence electrons. The molecular weight excluding hydrogens is 1080 g/mol. The molecule has 4 amide bonds. The Bertz CT molecular complexity index is 3270. The summed E-state index contributed by atoms with van der Waals surface area (Å²) in [7, 11) is 3.65. The number of fused-ring (bicyclic) bond motifs is 1. The first-order valence-electron chi connectivity index (χ1n) is 27.9. The Labute approximate surface area is 490 Å². The van der Waals surface area contributed by atoms with E-state index in [0.717, 1.165) is 57.9 Å². The van der Waals surface area contributed by atoms with Crippen LogP contribution in [0.2, 0.25) is 10.0 Å². The zero-order valence-electron chi connectivity index (χ0n) is 48.1. The van der Waals surface area contributed by atoms with Crippen molar-refractivity contribution in [2.24, 2.45) is 5.92 Å². The first-order chi connectivity index (χ1) is 39.1. The topological polar surface area (TPSA) is 225 Å². The number of halogens is 2. The van der Waals surface area contributed by atoms with E-state index in [-0.39, 0.29) is 79.6 Å². The Kier molecular flexibility index (Phi) is 22.1. The molecule has 1 fully saturated rings. The molecule has 1 aliphatic rings. The Morgan fingerprint density at radius 1 is 0.768 bits per heavy atom. The molecule has 7 N–H and O–H groups in total. The van der Waals surface area contributed by atoms with E-state index in [1.807, 2.05) is 132 Å². The largest absolute Gasteiger partial charge is 0.489 e. The molecular formula is C63H77Cl2N9O8. The van der Waals surface area contributed by atoms with Crippen LogP contribution in [0.3, 0.4) is 0 Å². The molecule has 8 rings (SSSR count). The number of carbonyl (C=O) groups is 4. The van der Waals surface area contributed by atoms with Crippen LogP contribution in [0.15, 0.2) is 116 Å². The van der Waals surface area contributed by atoms with E-state index in [0.29, 0.717) is 63.5 Å². The number of hydrogen-bond acceptors (Lipinski definition) is 11. The molecule has 0 spiro atoms. The standard InChI is InChI=1S/C32H38ClN5O4.C31H39ClN4O4/c1-20(2)42-29-13-12-24(16-27(29)33)32(41)35-25(17-34-30(40)19-37(4)5)15-22-8-10-23(11-9-22)28-18-38-14-6-7-26(21(3)39)31(38)36-28;1-18(2)40-28-12-11-24(16-26(28)32)31(39)35-25(13-14-37)15-21-5-7-22(8-6-21)27-17-33-30(36-27)29(23-9-10-23)19(3)34-20(4)38/h6-14,16,18,20-21,25,39H,15,17,19H2,1-5H3,(H,34,40)(H,35,41);5-8,11-12,16-19,23,25,29,37H,9-10,13-15H2,1-4H3,(H,33,36)(H,34,38)(H,35,39). The third-order valence-corrected chi connectivity index (χ3v) is 14.3. The number of rotatable bonds is 25. The highest BCUT2D eigenvalue weighted by Gasteiger charge is 2.38. The highest BCUT2D eigenvalue weighted by Crippen LogP contribution is 2.44. The fourth-order valence-electron chi connectivity index (χ4n) is 9.74. The van der Waals surface area contributed by atoms with E-state index in [9.17, 15) is 29.4 Å². The summed E-state index contributed by atoms with van der Waals surface area (Å²) in [5, 5.41) is 32.5. The number of H-pyrrole nitrogens is 1. The third kappa shape index (κ3) is 17.9. The van der Waals surface area contributed by atoms with Crippen molar-refractivity contribution in [1.29, 1.82) is 0 Å². The average molecular weight is 1160 g/mol. The maximum atomic E-state index is 13.2. The number of ether oxygens (including phenoxy) is 2. The lowest BCUT2D eigenvalue weighted by Gasteiger charge is -2.22. The van der Waals surface area contributed by atoms with Crippen molar-refractivity contribution < 1.29 is 38.9 Å². The van der Waals surface area contributed by atoms with Crippen molar-refractivity contribution in [3.05, 3.63) is 159 Å². The van der Waals surface area contributed by atoms with Gasteiger partial charge in [-0.3, -0.25) is 19.2 Å². The highest BCUT2D eigenvalue weighted by molar-refractivity contribution is 6.32. The van der Waals surface area contributed by atoms with Gasteiger partial charge in [0.2, 0.25) is 11.8 Å². The van der Waals surface area contributed by atoms with Crippen LogP contribution >= 0.6 is 23.2 Å². The molecule has 5 atom stereocenters. The summed E-state index contributed by atoms with van der Waals surface area (Å²) in [5.41, 5.74) is 7.98. The van der Waals surface area contributed by atoms with Gasteiger partial charge in [0.15, 0.2) is 0 Å². The Morgan fingerprint density at radius 2 is 1.33 bits per heavy atom. The zero-order valence-corrected chi connectivity index (χ0v) is 49.6. The van der Waals surface area contributed by atoms with Gasteiger partial charge in [0, 0.05) is 72.7 Å². The number of nitrogens with one attached hydrogen (secondary N) is 5. The molecule has 1 aliphatic carbocycles. The van der Waals surface area contributed by atoms with Crippen LogP contribution in [0.25, 0.3) is 28.2 Å². The van der Waals surface area contributed by atoms with E-state index < -0.39 is 6.10 Å². The summed E-state index contributed by atoms with van der Waals surface area (Å²) in [4.78, 5) is 64.8. The molecule has 1 saturated carbocycles. The maximum Gasteiger partial charge on any atom is 0.251 e. The number of likely N-dealkylation sites (N-methyl/N-ethyl adjacent to an activating group) is 1. The fraction of sp³-hybridized carbons (Fsp3) is 0.397. The first-order valence-corrected chi connectivity index (χ1v) is 28.6. The van der Waals surface area contributed by atoms with Gasteiger partial charge in [0.1, 0.15) is 23.0 Å². The van der Waals surface area contributed by atoms with Gasteiger partial charge in [-0.05, 0) is 153 Å². The smallest absolute Gasteiger partial charge is 0.251 e. The van der Waals surface area contributed by atoms with E-state index in [4.69, 9.17) is 37.7 Å². The lowest BCUT2D eigenvalue weighted by molar-refractivity contribution is -0.122. The van der Waals surface area contributed by atoms with Crippen molar-refractivity contribution in [1.82, 2.24) is 45.5 Å². The number of aliphatic hydroxyl groups is 2. The van der Waals surface area contributed by atoms with Crippen molar-refractivity contribution in [3.8, 4) is 34.0 Å². The number of aliphatic hydroxyl groups excluding tert-OH is 2. The number of hydrogen-bond donors (Lipinski definition) is 7. The molecule has 5 unspecified atom stereocenters. The Hall–Kier alpha value is -7.28. The summed E-state index contributed by atoms with van der Waals surface area (Å²) in [6.07, 6.45) is 8.78. The fourth-order valence-corrected chi connectivity index (χ4v) is 10.2. The zero-order chi connectivity index (χ0) is 59.2. The number of aromatic nitrogens is 4. The van der Waals surface area contributed by atoms with Gasteiger partial charge in [-0.2, -0.15) is 0 Å². The number of carbonyl (C=O) groups excluding carboxylic acids is 4. The lowest BCUT2D eigenvalue weighted by atomic mass is 9.95. The molecule has 3 heterocycles. The molecule has 3 aromatic heterocycles. The van der Waals surface area contributed by atoms with Crippen molar-refractivity contribution in [2.45, 2.75) is 123 Å². The minimum Gasteiger partial charge on any atom is -0.489 e. The number of imidazole rings is 2. The second-order valence-corrected chi connectivity index (χ2v) is 22.7. The molecule has 19 heteroatoms. The quantitative estimate of drug-likeness (QED) is 0.0285. The minimum absolute atomic E-state index is 0.00683. The molecule has 82 heavy (non-hydrogen) atoms. The molecule has 0 aliphatic heterocycles. The molecule has 17 nitrogen and oxygen atoms in total. The minimum atomic E-state index is -0.626. The second kappa shape index (κ2) is 29.1. The number of benzene rings is 4. The lowest BCUT2D eigenvalue weighted by Crippen LogP contribution is -2.46. The van der Waals surface area contributed by atoms with E-state index in [1.165, 1.54) is 0 Å². The van der Waals surface area contributed by atoms with Crippen LogP contribution in [0.4, 0.5) is 0 Å². The van der Waals surface area contributed by atoms with Crippen LogP contribution < -0.4 is 30.7 Å². The monoisotopic (exact) mass is 1160 g/mol. The van der Waals surface area contributed by atoms with Gasteiger partial charge >= 0.3 is 0 Å². The number of nitrogens with zero attached hydrogens (tertiary/aromatic N) is 4. The van der Waals surface area contributed by atoms with Crippen LogP contribution in [0.1, 0.15) is 123 Å². The van der Waals surface area contributed by atoms with Crippen molar-refractivity contribution >= 4 is 52.5 Å². The number of pyridine rings is 1. The van der Waals surface area contributed by atoms with Crippen LogP contribution in [0.5, 0.6) is 11.5 Å². The van der Waals surface area contributed by atoms with Gasteiger partial charge < -0.3 is 55.2 Å². The van der Waals surface area contributed by atoms with Gasteiger partial charge in [-0.25, -0.2) is 9.97 Å². The van der Waals surface area contributed by atoms with Crippen molar-refractivity contribution in [2.75, 3.05) is 33.8 Å². The van der Waals surface area contributed by atoms with E-state index in [2.05, 4.69) is 31.2 Å². The van der Waals surface area contributed by atoms with Gasteiger partial charge in [-0.1, -0.05) is 77.8 Å². The van der Waals surface area contributed by atoms with Gasteiger partial charge in [0.05, 0.1) is 58.5 Å². The SMILES string of the molecule is CC(=O)NC(C)C(c1ncc(-c2ccc(CC(CCO)NC(=O)c3ccc(OC(C)C)c(Cl)c3)cc2)[nH]1)C1CC1.CC(C)Oc1ccc(C(=O)NC(CNC(=O)CN(C)C)Cc2ccc(-c3cn4cccc(C(C)O)c4n3)cc2)cc1Cl. The number of aromatic amines is 1. The molecule has 4 aromatic carbocycles. The summed E-state index contributed by atoms with van der Waals surface area (Å²) in [6.45, 7) is 13.4. The molecule has 0 bridgehead atoms. The summed E-state index contributed by atoms with van der Waals surface area (Å²) < 4.78 is 13.2. The van der Waals surface area contributed by atoms with E-state index in [1.54, 1.807) is 55.1 Å². The van der Waals surface area contributed by atoms with Crippen LogP contribution in [-0.4, -0.2) is 122 Å². The molecule has 0 radical (unpaired) electrons. The van der Waals surface area contributed by atoms with Gasteiger partial charge in [-0.15, -0.1) is 0 Å². The van der Waals surface area contributed by atoms with Crippen molar-refractivity contribution in [3.63, 3.8) is 0 Å². The van der Waals surface area contributed by atoms with E-state index >= 15 is 0 Å². The molecule has 7 aromatic rings. The summed E-state index contributed by atoms with van der Waals surface area (Å²) in [6, 6.07) is 29.1. The predicted molar refractivity (Wildman–Crippen MR) is 322 cm³/mol. The first kappa shape index (κ1) is 62.3. The third-order valence-electron chi connectivity index (χ3n) is 13.7. The van der Waals surface area contributed by atoms with Crippen LogP contribution in [-0.2, 0) is 22.4 Å². The van der Waals surface area contributed by atoms with Crippen LogP contribution in [0, 0.1) is 5.92 Å².